The quantitative estimate of drug-likeness (QED) is 0.627. The van der Waals surface area contributed by atoms with Crippen molar-refractivity contribution in [2.24, 2.45) is 0 Å². The molecule has 1 nitrogen and oxygen atoms in total. The summed E-state index contributed by atoms with van der Waals surface area (Å²) in [6.45, 7) is 2.18. The normalized spacial score (nSPS) is 15.2. The van der Waals surface area contributed by atoms with Gasteiger partial charge in [0, 0.05) is 16.6 Å². The summed E-state index contributed by atoms with van der Waals surface area (Å²) < 4.78 is 0. The van der Waals surface area contributed by atoms with Crippen molar-refractivity contribution in [2.75, 3.05) is 0 Å². The van der Waals surface area contributed by atoms with Gasteiger partial charge in [0.1, 0.15) is 0 Å². The van der Waals surface area contributed by atoms with Gasteiger partial charge in [0.2, 0.25) is 0 Å². The molecule has 1 aliphatic carbocycles. The van der Waals surface area contributed by atoms with Crippen LogP contribution >= 0.6 is 0 Å². The second-order valence-corrected chi connectivity index (χ2v) is 3.92. The van der Waals surface area contributed by atoms with Gasteiger partial charge in [-0.25, -0.2) is 0 Å². The van der Waals surface area contributed by atoms with Crippen LogP contribution < -0.4 is 0 Å². The number of H-pyrrole nitrogens is 1. The Morgan fingerprint density at radius 1 is 1.23 bits per heavy atom. The topological polar surface area (TPSA) is 15.8 Å². The molecule has 0 bridgehead atoms. The molecule has 1 heteroatoms. The van der Waals surface area contributed by atoms with Crippen LogP contribution in [0.4, 0.5) is 0 Å². The summed E-state index contributed by atoms with van der Waals surface area (Å²) in [5, 5.41) is 1.51. The van der Waals surface area contributed by atoms with E-state index >= 15 is 0 Å². The maximum absolute atomic E-state index is 3.46. The Bertz CT molecular complexity index is 465. The molecule has 0 spiro atoms. The molecule has 0 saturated carbocycles. The smallest absolute Gasteiger partial charge is 0.0461 e. The monoisotopic (exact) mass is 171 g/mol. The van der Waals surface area contributed by atoms with Crippen molar-refractivity contribution in [2.45, 2.75) is 26.2 Å². The van der Waals surface area contributed by atoms with E-state index in [-0.39, 0.29) is 0 Å². The minimum atomic E-state index is 1.25. The molecule has 0 amide bonds. The largest absolute Gasteiger partial charge is 0.358 e. The lowest BCUT2D eigenvalue weighted by Gasteiger charge is -2.12. The van der Waals surface area contributed by atoms with Gasteiger partial charge in [-0.05, 0) is 43.4 Å². The highest BCUT2D eigenvalue weighted by Crippen LogP contribution is 2.31. The van der Waals surface area contributed by atoms with Crippen molar-refractivity contribution in [3.8, 4) is 0 Å². The molecular formula is C12H13N. The SMILES string of the molecule is Cc1[nH]c2cccc3c2c1CCC3. The number of aromatic amines is 1. The third-order valence-corrected chi connectivity index (χ3v) is 3.10. The van der Waals surface area contributed by atoms with Gasteiger partial charge >= 0.3 is 0 Å². The lowest BCUT2D eigenvalue weighted by Crippen LogP contribution is -1.98. The van der Waals surface area contributed by atoms with Gasteiger partial charge < -0.3 is 4.98 Å². The summed E-state index contributed by atoms with van der Waals surface area (Å²) in [4.78, 5) is 3.46. The minimum absolute atomic E-state index is 1.25. The first-order chi connectivity index (χ1) is 6.36. The van der Waals surface area contributed by atoms with Gasteiger partial charge in [0.05, 0.1) is 0 Å². The van der Waals surface area contributed by atoms with E-state index in [0.29, 0.717) is 0 Å². The van der Waals surface area contributed by atoms with Crippen LogP contribution in [0.2, 0.25) is 0 Å². The van der Waals surface area contributed by atoms with Crippen molar-refractivity contribution in [3.63, 3.8) is 0 Å². The molecule has 1 aromatic heterocycles. The molecule has 1 heterocycles. The van der Waals surface area contributed by atoms with Crippen LogP contribution in [0.25, 0.3) is 10.9 Å². The zero-order chi connectivity index (χ0) is 8.84. The number of aromatic nitrogens is 1. The predicted octanol–water partition coefficient (Wildman–Crippen LogP) is 2.97. The predicted molar refractivity (Wildman–Crippen MR) is 55.1 cm³/mol. The molecule has 13 heavy (non-hydrogen) atoms. The Kier molecular flexibility index (Phi) is 1.32. The first kappa shape index (κ1) is 7.19. The van der Waals surface area contributed by atoms with Crippen LogP contribution in [0.15, 0.2) is 18.2 Å². The van der Waals surface area contributed by atoms with Gasteiger partial charge in [-0.1, -0.05) is 12.1 Å². The first-order valence-corrected chi connectivity index (χ1v) is 4.95. The molecule has 0 atom stereocenters. The summed E-state index contributed by atoms with van der Waals surface area (Å²) in [5.41, 5.74) is 5.77. The maximum Gasteiger partial charge on any atom is 0.0461 e. The minimum Gasteiger partial charge on any atom is -0.358 e. The molecule has 3 rings (SSSR count). The van der Waals surface area contributed by atoms with Crippen molar-refractivity contribution < 1.29 is 0 Å². The van der Waals surface area contributed by atoms with Crippen LogP contribution in [0.3, 0.4) is 0 Å². The third kappa shape index (κ3) is 0.873. The average Bonchev–Trinajstić information content (AvgIpc) is 2.47. The van der Waals surface area contributed by atoms with E-state index in [1.165, 1.54) is 41.4 Å². The summed E-state index contributed by atoms with van der Waals surface area (Å²) in [6, 6.07) is 6.60. The number of nitrogens with one attached hydrogen (secondary N) is 1. The van der Waals surface area contributed by atoms with E-state index in [1.54, 1.807) is 5.56 Å². The number of benzene rings is 1. The second kappa shape index (κ2) is 2.38. The van der Waals surface area contributed by atoms with Crippen LogP contribution in [0, 0.1) is 6.92 Å². The van der Waals surface area contributed by atoms with Crippen molar-refractivity contribution >= 4 is 10.9 Å². The number of rotatable bonds is 0. The molecular weight excluding hydrogens is 158 g/mol. The van der Waals surface area contributed by atoms with E-state index in [2.05, 4.69) is 30.1 Å². The molecule has 0 fully saturated rings. The van der Waals surface area contributed by atoms with E-state index in [4.69, 9.17) is 0 Å². The molecule has 1 aromatic carbocycles. The van der Waals surface area contributed by atoms with Gasteiger partial charge in [-0.15, -0.1) is 0 Å². The molecule has 0 saturated heterocycles. The standard InChI is InChI=1S/C12H13N/c1-8-10-6-2-4-9-5-3-7-11(13-8)12(9)10/h3,5,7,13H,2,4,6H2,1H3. The molecule has 0 aliphatic heterocycles. The van der Waals surface area contributed by atoms with Crippen molar-refractivity contribution in [3.05, 3.63) is 35.0 Å². The fourth-order valence-electron chi connectivity index (χ4n) is 2.50. The Morgan fingerprint density at radius 3 is 3.08 bits per heavy atom. The summed E-state index contributed by atoms with van der Waals surface area (Å²) >= 11 is 0. The van der Waals surface area contributed by atoms with Gasteiger partial charge in [-0.3, -0.25) is 0 Å². The highest BCUT2D eigenvalue weighted by atomic mass is 14.7. The summed E-state index contributed by atoms with van der Waals surface area (Å²) in [5.74, 6) is 0. The fraction of sp³-hybridized carbons (Fsp3) is 0.333. The fourth-order valence-corrected chi connectivity index (χ4v) is 2.50. The lowest BCUT2D eigenvalue weighted by atomic mass is 9.92. The Hall–Kier alpha value is -1.24. The van der Waals surface area contributed by atoms with Crippen molar-refractivity contribution in [1.29, 1.82) is 0 Å². The van der Waals surface area contributed by atoms with E-state index < -0.39 is 0 Å². The van der Waals surface area contributed by atoms with Crippen LogP contribution in [0.1, 0.15) is 23.2 Å². The van der Waals surface area contributed by atoms with E-state index in [1.807, 2.05) is 0 Å². The number of hydrogen-bond acceptors (Lipinski definition) is 0. The molecule has 66 valence electrons. The summed E-state index contributed by atoms with van der Waals surface area (Å²) in [7, 11) is 0. The van der Waals surface area contributed by atoms with Crippen LogP contribution in [0.5, 0.6) is 0 Å². The Labute approximate surface area is 77.8 Å². The van der Waals surface area contributed by atoms with Crippen molar-refractivity contribution in [1.82, 2.24) is 4.98 Å². The highest BCUT2D eigenvalue weighted by Gasteiger charge is 2.15. The van der Waals surface area contributed by atoms with Gasteiger partial charge in [-0.2, -0.15) is 0 Å². The van der Waals surface area contributed by atoms with E-state index in [9.17, 15) is 0 Å². The Balaban J connectivity index is 2.51. The number of hydrogen-bond donors (Lipinski definition) is 1. The second-order valence-electron chi connectivity index (χ2n) is 3.92. The molecule has 0 radical (unpaired) electrons. The van der Waals surface area contributed by atoms with E-state index in [0.717, 1.165) is 0 Å². The summed E-state index contributed by atoms with van der Waals surface area (Å²) in [6.07, 6.45) is 3.81. The maximum atomic E-state index is 3.46. The van der Waals surface area contributed by atoms with Crippen LogP contribution in [-0.4, -0.2) is 4.98 Å². The van der Waals surface area contributed by atoms with Gasteiger partial charge in [0.15, 0.2) is 0 Å². The third-order valence-electron chi connectivity index (χ3n) is 3.10. The first-order valence-electron chi connectivity index (χ1n) is 4.95. The molecule has 2 aromatic rings. The highest BCUT2D eigenvalue weighted by molar-refractivity contribution is 5.88. The zero-order valence-corrected chi connectivity index (χ0v) is 7.85. The molecule has 1 aliphatic rings. The van der Waals surface area contributed by atoms with Gasteiger partial charge in [0.25, 0.3) is 0 Å². The Morgan fingerprint density at radius 2 is 2.15 bits per heavy atom. The molecule has 1 N–H and O–H groups in total. The van der Waals surface area contributed by atoms with Crippen LogP contribution in [-0.2, 0) is 12.8 Å². The average molecular weight is 171 g/mol. The zero-order valence-electron chi connectivity index (χ0n) is 7.85. The number of aryl methyl sites for hydroxylation is 3. The lowest BCUT2D eigenvalue weighted by molar-refractivity contribution is 0.804. The molecule has 0 unspecified atom stereocenters.